The van der Waals surface area contributed by atoms with Gasteiger partial charge in [-0.1, -0.05) is 47.5 Å². The molecule has 0 unspecified atom stereocenters. The molecule has 0 aromatic heterocycles. The van der Waals surface area contributed by atoms with Gasteiger partial charge in [-0.05, 0) is 37.6 Å². The summed E-state index contributed by atoms with van der Waals surface area (Å²) in [6.45, 7) is 3.96. The van der Waals surface area contributed by atoms with Crippen molar-refractivity contribution in [3.63, 3.8) is 0 Å². The highest BCUT2D eigenvalue weighted by atomic mass is 32.2. The molecule has 0 bridgehead atoms. The smallest absolute Gasteiger partial charge is 0.231 e. The third-order valence-electron chi connectivity index (χ3n) is 4.26. The summed E-state index contributed by atoms with van der Waals surface area (Å²) < 4.78 is 23.7. The normalized spacial score (nSPS) is 18.2. The van der Waals surface area contributed by atoms with Crippen LogP contribution >= 0.6 is 0 Å². The topological polar surface area (TPSA) is 54.5 Å². The number of nitrogens with zero attached hydrogens (tertiary/aromatic N) is 1. The number of rotatable bonds is 4. The van der Waals surface area contributed by atoms with Crippen molar-refractivity contribution in [3.05, 3.63) is 76.7 Å². The maximum Gasteiger partial charge on any atom is 0.231 e. The maximum absolute atomic E-state index is 13.0. The number of anilines is 1. The monoisotopic (exact) mass is 355 g/mol. The number of carbonyl (C=O) groups is 1. The van der Waals surface area contributed by atoms with E-state index >= 15 is 0 Å². The minimum absolute atomic E-state index is 0.0690. The molecule has 4 nitrogen and oxygen atoms in total. The standard InChI is InChI=1S/C20H21NO3S/c1-15-6-8-18(9-7-15)21(19-10-11-25(23,24)14-19)20(22)13-17-5-3-4-16(2)12-17/h3-12,19H,13-14H2,1-2H3/t19-/m1/s1. The molecule has 0 fully saturated rings. The van der Waals surface area contributed by atoms with Crippen molar-refractivity contribution in [2.24, 2.45) is 0 Å². The lowest BCUT2D eigenvalue weighted by atomic mass is 10.1. The molecule has 1 heterocycles. The second kappa shape index (κ2) is 6.84. The molecule has 2 aromatic carbocycles. The minimum Gasteiger partial charge on any atom is -0.304 e. The maximum atomic E-state index is 13.0. The molecule has 1 aliphatic heterocycles. The van der Waals surface area contributed by atoms with Crippen LogP contribution < -0.4 is 4.90 Å². The van der Waals surface area contributed by atoms with E-state index in [-0.39, 0.29) is 18.1 Å². The van der Waals surface area contributed by atoms with Crippen LogP contribution in [-0.2, 0) is 21.1 Å². The number of carbonyl (C=O) groups excluding carboxylic acids is 1. The van der Waals surface area contributed by atoms with Crippen LogP contribution in [0.2, 0.25) is 0 Å². The van der Waals surface area contributed by atoms with E-state index in [1.165, 1.54) is 5.41 Å². The molecule has 1 amide bonds. The van der Waals surface area contributed by atoms with Crippen LogP contribution in [0.25, 0.3) is 0 Å². The van der Waals surface area contributed by atoms with Crippen LogP contribution in [-0.4, -0.2) is 26.1 Å². The Morgan fingerprint density at radius 1 is 1.08 bits per heavy atom. The Labute approximate surface area is 148 Å². The molecule has 3 rings (SSSR count). The summed E-state index contributed by atoms with van der Waals surface area (Å²) in [4.78, 5) is 14.6. The zero-order valence-corrected chi connectivity index (χ0v) is 15.2. The number of amides is 1. The molecule has 1 aliphatic rings. The predicted octanol–water partition coefficient (Wildman–Crippen LogP) is 3.19. The van der Waals surface area contributed by atoms with Crippen molar-refractivity contribution >= 4 is 21.4 Å². The van der Waals surface area contributed by atoms with Crippen LogP contribution in [0.5, 0.6) is 0 Å². The Kier molecular flexibility index (Phi) is 4.77. The molecule has 0 aliphatic carbocycles. The molecular formula is C20H21NO3S. The molecule has 130 valence electrons. The van der Waals surface area contributed by atoms with Gasteiger partial charge in [-0.3, -0.25) is 4.79 Å². The second-order valence-corrected chi connectivity index (χ2v) is 8.42. The fraction of sp³-hybridized carbons (Fsp3) is 0.250. The Hall–Kier alpha value is -2.40. The first-order chi connectivity index (χ1) is 11.8. The third kappa shape index (κ3) is 4.17. The van der Waals surface area contributed by atoms with E-state index in [0.29, 0.717) is 0 Å². The lowest BCUT2D eigenvalue weighted by molar-refractivity contribution is -0.118. The van der Waals surface area contributed by atoms with Crippen molar-refractivity contribution in [1.82, 2.24) is 0 Å². The van der Waals surface area contributed by atoms with Gasteiger partial charge < -0.3 is 4.90 Å². The van der Waals surface area contributed by atoms with E-state index < -0.39 is 15.9 Å². The first-order valence-corrected chi connectivity index (χ1v) is 9.91. The van der Waals surface area contributed by atoms with Crippen LogP contribution in [0, 0.1) is 13.8 Å². The van der Waals surface area contributed by atoms with Gasteiger partial charge in [0.2, 0.25) is 5.91 Å². The van der Waals surface area contributed by atoms with Crippen molar-refractivity contribution < 1.29 is 13.2 Å². The number of hydrogen-bond donors (Lipinski definition) is 0. The summed E-state index contributed by atoms with van der Waals surface area (Å²) in [6, 6.07) is 14.9. The van der Waals surface area contributed by atoms with Gasteiger partial charge in [0.1, 0.15) is 0 Å². The van der Waals surface area contributed by atoms with E-state index in [4.69, 9.17) is 0 Å². The van der Waals surface area contributed by atoms with Crippen LogP contribution in [0.1, 0.15) is 16.7 Å². The summed E-state index contributed by atoms with van der Waals surface area (Å²) >= 11 is 0. The zero-order chi connectivity index (χ0) is 18.0. The predicted molar refractivity (Wildman–Crippen MR) is 100 cm³/mol. The molecule has 2 aromatic rings. The average molecular weight is 355 g/mol. The quantitative estimate of drug-likeness (QED) is 0.846. The lowest BCUT2D eigenvalue weighted by Crippen LogP contribution is -2.42. The molecule has 0 saturated heterocycles. The molecule has 1 atom stereocenters. The molecule has 25 heavy (non-hydrogen) atoms. The van der Waals surface area contributed by atoms with E-state index in [2.05, 4.69) is 0 Å². The van der Waals surface area contributed by atoms with Gasteiger partial charge in [0, 0.05) is 11.1 Å². The Morgan fingerprint density at radius 2 is 1.80 bits per heavy atom. The summed E-state index contributed by atoms with van der Waals surface area (Å²) in [5.41, 5.74) is 3.82. The number of aryl methyl sites for hydroxylation is 2. The molecule has 0 spiro atoms. The van der Waals surface area contributed by atoms with Crippen molar-refractivity contribution in [3.8, 4) is 0 Å². The van der Waals surface area contributed by atoms with E-state index in [0.717, 1.165) is 22.4 Å². The SMILES string of the molecule is Cc1ccc(N(C(=O)Cc2cccc(C)c2)[C@@H]2C=CS(=O)(=O)C2)cc1. The highest BCUT2D eigenvalue weighted by Crippen LogP contribution is 2.24. The van der Waals surface area contributed by atoms with Crippen LogP contribution in [0.4, 0.5) is 5.69 Å². The largest absolute Gasteiger partial charge is 0.304 e. The van der Waals surface area contributed by atoms with Crippen molar-refractivity contribution in [2.45, 2.75) is 26.3 Å². The van der Waals surface area contributed by atoms with Crippen molar-refractivity contribution in [2.75, 3.05) is 10.7 Å². The third-order valence-corrected chi connectivity index (χ3v) is 5.64. The Balaban J connectivity index is 1.92. The number of benzene rings is 2. The van der Waals surface area contributed by atoms with Gasteiger partial charge in [0.25, 0.3) is 0 Å². The van der Waals surface area contributed by atoms with Gasteiger partial charge in [-0.25, -0.2) is 8.42 Å². The highest BCUT2D eigenvalue weighted by Gasteiger charge is 2.31. The first kappa shape index (κ1) is 17.4. The first-order valence-electron chi connectivity index (χ1n) is 8.19. The van der Waals surface area contributed by atoms with Gasteiger partial charge in [0.15, 0.2) is 9.84 Å². The van der Waals surface area contributed by atoms with Crippen LogP contribution in [0.15, 0.2) is 60.0 Å². The van der Waals surface area contributed by atoms with Crippen LogP contribution in [0.3, 0.4) is 0 Å². The zero-order valence-electron chi connectivity index (χ0n) is 14.3. The average Bonchev–Trinajstić information content (AvgIpc) is 2.89. The highest BCUT2D eigenvalue weighted by molar-refractivity contribution is 7.94. The van der Waals surface area contributed by atoms with Gasteiger partial charge in [-0.15, -0.1) is 0 Å². The van der Waals surface area contributed by atoms with E-state index in [1.807, 2.05) is 62.4 Å². The van der Waals surface area contributed by atoms with E-state index in [9.17, 15) is 13.2 Å². The fourth-order valence-corrected chi connectivity index (χ4v) is 4.30. The number of hydrogen-bond acceptors (Lipinski definition) is 3. The second-order valence-electron chi connectivity index (χ2n) is 6.49. The molecule has 5 heteroatoms. The van der Waals surface area contributed by atoms with Gasteiger partial charge >= 0.3 is 0 Å². The number of sulfone groups is 1. The summed E-state index contributed by atoms with van der Waals surface area (Å²) in [5, 5.41) is 1.21. The Morgan fingerprint density at radius 3 is 2.40 bits per heavy atom. The molecule has 0 saturated carbocycles. The van der Waals surface area contributed by atoms with Crippen molar-refractivity contribution in [1.29, 1.82) is 0 Å². The molecular weight excluding hydrogens is 334 g/mol. The summed E-state index contributed by atoms with van der Waals surface area (Å²) in [7, 11) is -3.24. The van der Waals surface area contributed by atoms with Gasteiger partial charge in [0.05, 0.1) is 18.2 Å². The molecule has 0 radical (unpaired) electrons. The summed E-state index contributed by atoms with van der Waals surface area (Å²) in [6.07, 6.45) is 1.84. The van der Waals surface area contributed by atoms with E-state index in [1.54, 1.807) is 11.0 Å². The minimum atomic E-state index is -3.24. The summed E-state index contributed by atoms with van der Waals surface area (Å²) in [5.74, 6) is -0.179. The molecule has 0 N–H and O–H groups in total. The van der Waals surface area contributed by atoms with Gasteiger partial charge in [-0.2, -0.15) is 0 Å². The fourth-order valence-electron chi connectivity index (χ4n) is 3.03. The lowest BCUT2D eigenvalue weighted by Gasteiger charge is -2.28. The Bertz CT molecular complexity index is 914.